The highest BCUT2D eigenvalue weighted by Crippen LogP contribution is 2.38. The molecule has 1 aromatic heterocycles. The van der Waals surface area contributed by atoms with Crippen LogP contribution in [0.15, 0.2) is 6.33 Å². The lowest BCUT2D eigenvalue weighted by Crippen LogP contribution is -2.42. The smallest absolute Gasteiger partial charge is 0.354 e. The molecule has 7 nitrogen and oxygen atoms in total. The maximum Gasteiger partial charge on any atom is 0.354 e. The number of hydrogen-bond donors (Lipinski definition) is 3. The average Bonchev–Trinajstić information content (AvgIpc) is 2.92. The van der Waals surface area contributed by atoms with E-state index in [1.54, 1.807) is 0 Å². The Bertz CT molecular complexity index is 509. The van der Waals surface area contributed by atoms with Crippen molar-refractivity contribution in [3.8, 4) is 0 Å². The predicted molar refractivity (Wildman–Crippen MR) is 63.9 cm³/mol. The molecule has 1 aliphatic heterocycles. The fourth-order valence-corrected chi connectivity index (χ4v) is 2.52. The first-order chi connectivity index (χ1) is 9.16. The van der Waals surface area contributed by atoms with Crippen molar-refractivity contribution >= 4 is 11.9 Å². The Labute approximate surface area is 109 Å². The second kappa shape index (κ2) is 4.65. The number of rotatable bonds is 4. The van der Waals surface area contributed by atoms with Gasteiger partial charge in [0.25, 0.3) is 5.91 Å². The van der Waals surface area contributed by atoms with Crippen LogP contribution in [0.4, 0.5) is 0 Å². The lowest BCUT2D eigenvalue weighted by atomic mass is 10.1. The first-order valence-corrected chi connectivity index (χ1v) is 6.36. The van der Waals surface area contributed by atoms with E-state index in [0.29, 0.717) is 12.5 Å². The van der Waals surface area contributed by atoms with Crippen LogP contribution in [-0.2, 0) is 4.74 Å². The minimum atomic E-state index is -1.19. The summed E-state index contributed by atoms with van der Waals surface area (Å²) in [5.41, 5.74) is -0.256. The van der Waals surface area contributed by atoms with Gasteiger partial charge >= 0.3 is 5.97 Å². The van der Waals surface area contributed by atoms with E-state index in [1.807, 2.05) is 0 Å². The van der Waals surface area contributed by atoms with E-state index in [2.05, 4.69) is 15.3 Å². The minimum Gasteiger partial charge on any atom is -0.477 e. The molecule has 3 N–H and O–H groups in total. The molecule has 0 spiro atoms. The molecule has 0 bridgehead atoms. The molecule has 0 radical (unpaired) electrons. The highest BCUT2D eigenvalue weighted by atomic mass is 16.5. The number of carbonyl (C=O) groups excluding carboxylic acids is 1. The number of aromatic nitrogens is 2. The highest BCUT2D eigenvalue weighted by molar-refractivity contribution is 6.02. The van der Waals surface area contributed by atoms with Crippen LogP contribution in [-0.4, -0.2) is 45.7 Å². The SMILES string of the molecule is O=C(NC1CCOC1C1CC1)c1nc[nH]c1C(=O)O. The molecular weight excluding hydrogens is 250 g/mol. The molecule has 0 aromatic carbocycles. The number of carboxylic acids is 1. The highest BCUT2D eigenvalue weighted by Gasteiger charge is 2.41. The number of ether oxygens (including phenoxy) is 1. The van der Waals surface area contributed by atoms with Crippen molar-refractivity contribution in [3.05, 3.63) is 17.7 Å². The molecule has 1 aliphatic carbocycles. The molecule has 102 valence electrons. The van der Waals surface area contributed by atoms with Crippen molar-refractivity contribution in [1.29, 1.82) is 0 Å². The van der Waals surface area contributed by atoms with Gasteiger partial charge in [0.05, 0.1) is 18.5 Å². The van der Waals surface area contributed by atoms with Crippen LogP contribution in [0.1, 0.15) is 40.2 Å². The van der Waals surface area contributed by atoms with E-state index in [-0.39, 0.29) is 23.5 Å². The zero-order valence-corrected chi connectivity index (χ0v) is 10.3. The van der Waals surface area contributed by atoms with Gasteiger partial charge in [-0.3, -0.25) is 4.79 Å². The number of amides is 1. The maximum absolute atomic E-state index is 12.1. The fourth-order valence-electron chi connectivity index (χ4n) is 2.52. The quantitative estimate of drug-likeness (QED) is 0.731. The van der Waals surface area contributed by atoms with E-state index in [0.717, 1.165) is 19.3 Å². The second-order valence-corrected chi connectivity index (χ2v) is 4.97. The van der Waals surface area contributed by atoms with E-state index in [9.17, 15) is 9.59 Å². The topological polar surface area (TPSA) is 104 Å². The monoisotopic (exact) mass is 265 g/mol. The van der Waals surface area contributed by atoms with Gasteiger partial charge in [0.1, 0.15) is 0 Å². The van der Waals surface area contributed by atoms with Gasteiger partial charge in [-0.2, -0.15) is 0 Å². The van der Waals surface area contributed by atoms with Gasteiger partial charge in [-0.05, 0) is 25.2 Å². The summed E-state index contributed by atoms with van der Waals surface area (Å²) in [6, 6.07) is -0.0432. The fraction of sp³-hybridized carbons (Fsp3) is 0.583. The summed E-state index contributed by atoms with van der Waals surface area (Å²) in [4.78, 5) is 29.2. The summed E-state index contributed by atoms with van der Waals surface area (Å²) in [6.07, 6.45) is 4.32. The van der Waals surface area contributed by atoms with Crippen LogP contribution in [0.3, 0.4) is 0 Å². The number of H-pyrrole nitrogens is 1. The largest absolute Gasteiger partial charge is 0.477 e. The molecule has 2 fully saturated rings. The molecule has 1 saturated heterocycles. The van der Waals surface area contributed by atoms with Crippen LogP contribution in [0.5, 0.6) is 0 Å². The third-order valence-electron chi connectivity index (χ3n) is 3.61. The number of nitrogens with zero attached hydrogens (tertiary/aromatic N) is 1. The van der Waals surface area contributed by atoms with E-state index in [1.165, 1.54) is 6.33 Å². The Morgan fingerprint density at radius 1 is 1.42 bits per heavy atom. The molecule has 7 heteroatoms. The first kappa shape index (κ1) is 12.2. The zero-order valence-electron chi connectivity index (χ0n) is 10.3. The molecule has 1 aromatic rings. The van der Waals surface area contributed by atoms with Gasteiger partial charge < -0.3 is 20.1 Å². The number of nitrogens with one attached hydrogen (secondary N) is 2. The minimum absolute atomic E-state index is 0.0432. The molecule has 2 atom stereocenters. The van der Waals surface area contributed by atoms with Crippen molar-refractivity contribution in [2.45, 2.75) is 31.4 Å². The van der Waals surface area contributed by atoms with Gasteiger partial charge in [0.2, 0.25) is 0 Å². The number of aromatic carboxylic acids is 1. The molecule has 1 saturated carbocycles. The van der Waals surface area contributed by atoms with Crippen molar-refractivity contribution in [2.24, 2.45) is 5.92 Å². The first-order valence-electron chi connectivity index (χ1n) is 6.36. The Morgan fingerprint density at radius 2 is 2.21 bits per heavy atom. The van der Waals surface area contributed by atoms with E-state index in [4.69, 9.17) is 9.84 Å². The summed E-state index contributed by atoms with van der Waals surface area (Å²) < 4.78 is 5.63. The number of hydrogen-bond acceptors (Lipinski definition) is 4. The van der Waals surface area contributed by atoms with Crippen LogP contribution >= 0.6 is 0 Å². The summed E-state index contributed by atoms with van der Waals surface area (Å²) in [5.74, 6) is -1.12. The normalized spacial score (nSPS) is 26.3. The van der Waals surface area contributed by atoms with Crippen molar-refractivity contribution in [2.75, 3.05) is 6.61 Å². The van der Waals surface area contributed by atoms with Crippen LogP contribution in [0.25, 0.3) is 0 Å². The summed E-state index contributed by atoms with van der Waals surface area (Å²) in [7, 11) is 0. The number of aromatic amines is 1. The predicted octanol–water partition coefficient (Wildman–Crippen LogP) is 0.405. The van der Waals surface area contributed by atoms with Crippen molar-refractivity contribution < 1.29 is 19.4 Å². The third kappa shape index (κ3) is 2.33. The van der Waals surface area contributed by atoms with Gasteiger partial charge in [-0.15, -0.1) is 0 Å². The van der Waals surface area contributed by atoms with E-state index < -0.39 is 11.9 Å². The number of carboxylic acid groups (broad SMARTS) is 1. The second-order valence-electron chi connectivity index (χ2n) is 4.97. The third-order valence-corrected chi connectivity index (χ3v) is 3.61. The van der Waals surface area contributed by atoms with Crippen molar-refractivity contribution in [3.63, 3.8) is 0 Å². The Kier molecular flexibility index (Phi) is 2.98. The lowest BCUT2D eigenvalue weighted by Gasteiger charge is -2.18. The van der Waals surface area contributed by atoms with Gasteiger partial charge in [0.15, 0.2) is 11.4 Å². The van der Waals surface area contributed by atoms with E-state index >= 15 is 0 Å². The standard InChI is InChI=1S/C12H15N3O4/c16-11(8-9(12(17)18)14-5-13-8)15-7-3-4-19-10(7)6-1-2-6/h5-7,10H,1-4H2,(H,13,14)(H,15,16)(H,17,18). The van der Waals surface area contributed by atoms with Crippen LogP contribution < -0.4 is 5.32 Å². The average molecular weight is 265 g/mol. The summed E-state index contributed by atoms with van der Waals surface area (Å²) in [6.45, 7) is 0.637. The Morgan fingerprint density at radius 3 is 2.89 bits per heavy atom. The molecule has 19 heavy (non-hydrogen) atoms. The molecule has 1 amide bonds. The molecule has 3 rings (SSSR count). The summed E-state index contributed by atoms with van der Waals surface area (Å²) in [5, 5.41) is 11.8. The molecular formula is C12H15N3O4. The van der Waals surface area contributed by atoms with Crippen molar-refractivity contribution in [1.82, 2.24) is 15.3 Å². The number of imidazole rings is 1. The Balaban J connectivity index is 1.70. The zero-order chi connectivity index (χ0) is 13.4. The lowest BCUT2D eigenvalue weighted by molar-refractivity contribution is 0.0676. The summed E-state index contributed by atoms with van der Waals surface area (Å²) >= 11 is 0. The molecule has 2 heterocycles. The van der Waals surface area contributed by atoms with Crippen LogP contribution in [0.2, 0.25) is 0 Å². The van der Waals surface area contributed by atoms with Crippen LogP contribution in [0, 0.1) is 5.92 Å². The van der Waals surface area contributed by atoms with Gasteiger partial charge in [0, 0.05) is 6.61 Å². The number of carbonyl (C=O) groups is 2. The maximum atomic E-state index is 12.1. The molecule has 2 aliphatic rings. The van der Waals surface area contributed by atoms with Gasteiger partial charge in [-0.1, -0.05) is 0 Å². The molecule has 2 unspecified atom stereocenters. The Hall–Kier alpha value is -1.89. The van der Waals surface area contributed by atoms with Gasteiger partial charge in [-0.25, -0.2) is 9.78 Å².